The van der Waals surface area contributed by atoms with Crippen LogP contribution in [0.1, 0.15) is 44.7 Å². The van der Waals surface area contributed by atoms with Gasteiger partial charge < -0.3 is 30.2 Å². The first kappa shape index (κ1) is 26.4. The monoisotopic (exact) mass is 456 g/mol. The smallest absolute Gasteiger partial charge is 0.402 e. The molecule has 1 heterocycles. The Balaban J connectivity index is 1.96. The van der Waals surface area contributed by atoms with Crippen LogP contribution in [0.3, 0.4) is 0 Å². The predicted octanol–water partition coefficient (Wildman–Crippen LogP) is 1.64. The predicted molar refractivity (Wildman–Crippen MR) is 124 cm³/mol. The molecule has 0 unspecified atom stereocenters. The number of rotatable bonds is 8. The Bertz CT molecular complexity index is 890. The molecule has 1 aliphatic rings. The maximum Gasteiger partial charge on any atom is 0.635 e. The molecule has 3 amide bonds. The van der Waals surface area contributed by atoms with Gasteiger partial charge in [-0.25, -0.2) is 4.79 Å². The molecule has 1 aromatic rings. The molecule has 178 valence electrons. The van der Waals surface area contributed by atoms with E-state index in [0.29, 0.717) is 13.0 Å². The fourth-order valence-corrected chi connectivity index (χ4v) is 3.67. The molecule has 2 rings (SSSR count). The van der Waals surface area contributed by atoms with Gasteiger partial charge in [-0.05, 0) is 30.7 Å². The van der Waals surface area contributed by atoms with Gasteiger partial charge in [-0.3, -0.25) is 4.79 Å². The number of likely N-dealkylation sites (tertiary alicyclic amines) is 1. The lowest BCUT2D eigenvalue weighted by atomic mass is 9.93. The van der Waals surface area contributed by atoms with Crippen LogP contribution in [0.2, 0.25) is 0 Å². The van der Waals surface area contributed by atoms with E-state index in [-0.39, 0.29) is 35.9 Å². The number of aryl methyl sites for hydroxylation is 1. The van der Waals surface area contributed by atoms with Crippen molar-refractivity contribution in [2.45, 2.75) is 59.2 Å². The summed E-state index contributed by atoms with van der Waals surface area (Å²) in [6.07, 6.45) is 2.43. The van der Waals surface area contributed by atoms with Crippen molar-refractivity contribution < 1.29 is 24.3 Å². The van der Waals surface area contributed by atoms with Crippen molar-refractivity contribution in [1.82, 2.24) is 15.5 Å². The second-order valence-electron chi connectivity index (χ2n) is 9.33. The van der Waals surface area contributed by atoms with Crippen LogP contribution in [-0.4, -0.2) is 59.6 Å². The van der Waals surface area contributed by atoms with Gasteiger partial charge in [0.2, 0.25) is 0 Å². The molecule has 0 bridgehead atoms. The van der Waals surface area contributed by atoms with E-state index in [1.807, 2.05) is 58.0 Å². The molecular weight excluding hydrogens is 423 g/mol. The summed E-state index contributed by atoms with van der Waals surface area (Å²) >= 11 is 0. The second-order valence-corrected chi connectivity index (χ2v) is 9.33. The average Bonchev–Trinajstić information content (AvgIpc) is 3.19. The minimum atomic E-state index is -2.04. The highest BCUT2D eigenvalue weighted by Gasteiger charge is 2.31. The molecule has 4 N–H and O–H groups in total. The lowest BCUT2D eigenvalue weighted by molar-refractivity contribution is -0.127. The summed E-state index contributed by atoms with van der Waals surface area (Å²) in [5.74, 6) is -0.332. The summed E-state index contributed by atoms with van der Waals surface area (Å²) in [6, 6.07) is 8.77. The van der Waals surface area contributed by atoms with E-state index >= 15 is 0 Å². The number of allylic oxidation sites excluding steroid dienone is 1. The third-order valence-corrected chi connectivity index (χ3v) is 5.18. The summed E-state index contributed by atoms with van der Waals surface area (Å²) < 4.78 is 5.01. The number of nitriles is 1. The molecule has 0 radical (unpaired) electrons. The number of benzene rings is 1. The van der Waals surface area contributed by atoms with Crippen molar-refractivity contribution in [3.05, 3.63) is 47.0 Å². The van der Waals surface area contributed by atoms with Gasteiger partial charge in [0.25, 0.3) is 5.91 Å². The Hall–Kier alpha value is -2.87. The molecule has 10 heteroatoms. The third-order valence-electron chi connectivity index (χ3n) is 5.18. The summed E-state index contributed by atoms with van der Waals surface area (Å²) in [4.78, 5) is 26.9. The van der Waals surface area contributed by atoms with Gasteiger partial charge in [-0.2, -0.15) is 5.26 Å². The highest BCUT2D eigenvalue weighted by molar-refractivity contribution is 6.32. The Morgan fingerprint density at radius 2 is 2.00 bits per heavy atom. The van der Waals surface area contributed by atoms with E-state index in [1.165, 1.54) is 0 Å². The lowest BCUT2D eigenvalue weighted by Crippen LogP contribution is -2.50. The SMILES string of the molecule is Cc1ccc(C[C@H](NC(=O)NC[C@H]2CCCN2C(=O)C(C#N)=CC(C)(C)C)OB(O)O)cc1. The molecule has 0 aromatic heterocycles. The molecule has 0 saturated carbocycles. The molecule has 1 saturated heterocycles. The van der Waals surface area contributed by atoms with Gasteiger partial charge in [0.15, 0.2) is 0 Å². The molecule has 1 aromatic carbocycles. The van der Waals surface area contributed by atoms with E-state index < -0.39 is 19.6 Å². The first-order chi connectivity index (χ1) is 15.5. The van der Waals surface area contributed by atoms with Crippen LogP contribution in [0.5, 0.6) is 0 Å². The van der Waals surface area contributed by atoms with Gasteiger partial charge in [0.1, 0.15) is 17.9 Å². The Kier molecular flexibility index (Phi) is 9.47. The van der Waals surface area contributed by atoms with Crippen molar-refractivity contribution in [3.8, 4) is 6.07 Å². The fourth-order valence-electron chi connectivity index (χ4n) is 3.67. The van der Waals surface area contributed by atoms with E-state index in [1.54, 1.807) is 11.0 Å². The molecule has 0 aliphatic carbocycles. The molecule has 1 aliphatic heterocycles. The Morgan fingerprint density at radius 1 is 1.33 bits per heavy atom. The number of amides is 3. The summed E-state index contributed by atoms with van der Waals surface area (Å²) in [5.41, 5.74) is 1.73. The number of hydrogen-bond donors (Lipinski definition) is 4. The van der Waals surface area contributed by atoms with Gasteiger partial charge in [-0.15, -0.1) is 0 Å². The number of nitrogens with one attached hydrogen (secondary N) is 2. The van der Waals surface area contributed by atoms with Crippen LogP contribution in [-0.2, 0) is 15.9 Å². The molecule has 9 nitrogen and oxygen atoms in total. The highest BCUT2D eigenvalue weighted by atomic mass is 16.6. The van der Waals surface area contributed by atoms with Gasteiger partial charge in [0, 0.05) is 25.6 Å². The summed E-state index contributed by atoms with van der Waals surface area (Å²) in [7, 11) is -2.04. The zero-order chi connectivity index (χ0) is 24.6. The quantitative estimate of drug-likeness (QED) is 0.203. The van der Waals surface area contributed by atoms with E-state index in [9.17, 15) is 24.9 Å². The fraction of sp³-hybridized carbons (Fsp3) is 0.522. The van der Waals surface area contributed by atoms with Crippen LogP contribution in [0, 0.1) is 23.7 Å². The standard InChI is InChI=1S/C23H33BN4O5/c1-16-7-9-17(10-8-16)12-20(33-24(31)32)27-22(30)26-15-19-6-5-11-28(19)21(29)18(14-25)13-23(2,3)4/h7-10,13,19-20,31-32H,5-6,11-12,15H2,1-4H3,(H2,26,27,30)/t19-,20-/m1/s1. The number of carbonyl (C=O) groups is 2. The minimum Gasteiger partial charge on any atom is -0.402 e. The Labute approximate surface area is 195 Å². The van der Waals surface area contributed by atoms with Gasteiger partial charge in [-0.1, -0.05) is 56.7 Å². The zero-order valence-electron chi connectivity index (χ0n) is 19.7. The average molecular weight is 456 g/mol. The maximum absolute atomic E-state index is 12.9. The first-order valence-corrected chi connectivity index (χ1v) is 11.0. The van der Waals surface area contributed by atoms with Crippen molar-refractivity contribution in [3.63, 3.8) is 0 Å². The normalized spacial score (nSPS) is 17.3. The van der Waals surface area contributed by atoms with Crippen molar-refractivity contribution in [2.75, 3.05) is 13.1 Å². The molecule has 2 atom stereocenters. The van der Waals surface area contributed by atoms with Gasteiger partial charge >= 0.3 is 13.4 Å². The highest BCUT2D eigenvalue weighted by Crippen LogP contribution is 2.23. The Morgan fingerprint density at radius 3 is 2.58 bits per heavy atom. The second kappa shape index (κ2) is 11.8. The minimum absolute atomic E-state index is 0.0994. The van der Waals surface area contributed by atoms with Crippen LogP contribution in [0.4, 0.5) is 4.79 Å². The summed E-state index contributed by atoms with van der Waals surface area (Å²) in [6.45, 7) is 8.43. The number of carbonyl (C=O) groups excluding carboxylic acids is 2. The van der Waals surface area contributed by atoms with Crippen molar-refractivity contribution >= 4 is 19.3 Å². The number of urea groups is 1. The zero-order valence-corrected chi connectivity index (χ0v) is 19.7. The van der Waals surface area contributed by atoms with Crippen LogP contribution < -0.4 is 10.6 Å². The maximum atomic E-state index is 12.9. The first-order valence-electron chi connectivity index (χ1n) is 11.0. The van der Waals surface area contributed by atoms with Crippen LogP contribution in [0.15, 0.2) is 35.9 Å². The van der Waals surface area contributed by atoms with Gasteiger partial charge in [0.05, 0.1) is 0 Å². The molecule has 33 heavy (non-hydrogen) atoms. The van der Waals surface area contributed by atoms with Crippen molar-refractivity contribution in [2.24, 2.45) is 5.41 Å². The largest absolute Gasteiger partial charge is 0.635 e. The van der Waals surface area contributed by atoms with E-state index in [0.717, 1.165) is 17.5 Å². The number of hydrogen-bond acceptors (Lipinski definition) is 6. The van der Waals surface area contributed by atoms with E-state index in [2.05, 4.69) is 10.6 Å². The van der Waals surface area contributed by atoms with Crippen LogP contribution in [0.25, 0.3) is 0 Å². The topological polar surface area (TPSA) is 135 Å². The summed E-state index contributed by atoms with van der Waals surface area (Å²) in [5, 5.41) is 33.1. The third kappa shape index (κ3) is 8.89. The van der Waals surface area contributed by atoms with E-state index in [4.69, 9.17) is 4.65 Å². The van der Waals surface area contributed by atoms with Crippen LogP contribution >= 0.6 is 0 Å². The lowest BCUT2D eigenvalue weighted by Gasteiger charge is -2.26. The van der Waals surface area contributed by atoms with Crippen molar-refractivity contribution in [1.29, 1.82) is 5.26 Å². The number of nitrogens with zero attached hydrogens (tertiary/aromatic N) is 2. The molecule has 1 fully saturated rings. The molecular formula is C23H33BN4O5. The molecule has 0 spiro atoms.